The van der Waals surface area contributed by atoms with Crippen molar-refractivity contribution in [1.82, 2.24) is 0 Å². The first-order valence-corrected chi connectivity index (χ1v) is 8.93. The first-order chi connectivity index (χ1) is 9.25. The Morgan fingerprint density at radius 1 is 0.789 bits per heavy atom. The van der Waals surface area contributed by atoms with E-state index in [4.69, 9.17) is 0 Å². The Bertz CT molecular complexity index is 202. The van der Waals surface area contributed by atoms with Crippen LogP contribution in [0.5, 0.6) is 0 Å². The van der Waals surface area contributed by atoms with Crippen molar-refractivity contribution < 1.29 is 5.11 Å². The quantitative estimate of drug-likeness (QED) is 0.476. The van der Waals surface area contributed by atoms with Crippen molar-refractivity contribution in [3.05, 3.63) is 0 Å². The summed E-state index contributed by atoms with van der Waals surface area (Å²) in [5.74, 6) is 1.36. The molecule has 19 heavy (non-hydrogen) atoms. The molecule has 0 aromatic rings. The van der Waals surface area contributed by atoms with Crippen LogP contribution in [-0.4, -0.2) is 11.2 Å². The molecule has 0 saturated heterocycles. The van der Waals surface area contributed by atoms with Gasteiger partial charge >= 0.3 is 0 Å². The van der Waals surface area contributed by atoms with E-state index >= 15 is 0 Å². The lowest BCUT2D eigenvalue weighted by Gasteiger charge is -2.16. The number of hydrogen-bond donors (Lipinski definition) is 1. The Balaban J connectivity index is 1.81. The second kappa shape index (κ2) is 10.7. The molecular formula is C18H36O. The number of hydrogen-bond acceptors (Lipinski definition) is 1. The van der Waals surface area contributed by atoms with Crippen molar-refractivity contribution in [2.45, 2.75) is 103 Å². The molecule has 1 aliphatic carbocycles. The lowest BCUT2D eigenvalue weighted by Crippen LogP contribution is -2.15. The van der Waals surface area contributed by atoms with Crippen LogP contribution in [0.15, 0.2) is 0 Å². The predicted molar refractivity (Wildman–Crippen MR) is 84.4 cm³/mol. The average Bonchev–Trinajstić information content (AvgIpc) is 2.73. The highest BCUT2D eigenvalue weighted by Crippen LogP contribution is 2.35. The predicted octanol–water partition coefficient (Wildman–Crippen LogP) is 5.70. The van der Waals surface area contributed by atoms with Crippen molar-refractivity contribution >= 4 is 0 Å². The molecule has 0 aromatic heterocycles. The Hall–Kier alpha value is -0.0400. The lowest BCUT2D eigenvalue weighted by molar-refractivity contribution is 0.125. The van der Waals surface area contributed by atoms with Gasteiger partial charge in [0.05, 0.1) is 6.10 Å². The number of aliphatic hydroxyl groups excluding tert-OH is 1. The number of rotatable bonds is 11. The Morgan fingerprint density at radius 3 is 1.79 bits per heavy atom. The molecule has 0 bridgehead atoms. The van der Waals surface area contributed by atoms with Gasteiger partial charge in [-0.2, -0.15) is 0 Å². The standard InChI is InChI=1S/C18H36O/c1-3-4-5-6-7-8-9-10-11-12-13-17-14-15-18(19)16(17)2/h16-19H,3-15H2,1-2H3. The zero-order valence-electron chi connectivity index (χ0n) is 13.4. The van der Waals surface area contributed by atoms with Crippen LogP contribution < -0.4 is 0 Å². The fraction of sp³-hybridized carbons (Fsp3) is 1.00. The van der Waals surface area contributed by atoms with Gasteiger partial charge in [-0.3, -0.25) is 0 Å². The zero-order chi connectivity index (χ0) is 13.9. The summed E-state index contributed by atoms with van der Waals surface area (Å²) in [4.78, 5) is 0. The van der Waals surface area contributed by atoms with Crippen molar-refractivity contribution in [2.24, 2.45) is 11.8 Å². The van der Waals surface area contributed by atoms with E-state index < -0.39 is 0 Å². The SMILES string of the molecule is CCCCCCCCCCCCC1CCC(O)C1C. The van der Waals surface area contributed by atoms with E-state index in [1.807, 2.05) is 0 Å². The molecule has 0 aromatic carbocycles. The molecule has 3 unspecified atom stereocenters. The molecule has 1 fully saturated rings. The lowest BCUT2D eigenvalue weighted by atomic mass is 9.91. The van der Waals surface area contributed by atoms with Gasteiger partial charge in [-0.1, -0.05) is 84.5 Å². The van der Waals surface area contributed by atoms with E-state index in [-0.39, 0.29) is 6.10 Å². The van der Waals surface area contributed by atoms with Crippen molar-refractivity contribution in [1.29, 1.82) is 0 Å². The molecule has 114 valence electrons. The number of aliphatic hydroxyl groups is 1. The molecule has 1 rings (SSSR count). The summed E-state index contributed by atoms with van der Waals surface area (Å²) in [6, 6.07) is 0. The normalized spacial score (nSPS) is 27.0. The molecule has 0 spiro atoms. The topological polar surface area (TPSA) is 20.2 Å². The van der Waals surface area contributed by atoms with E-state index in [0.717, 1.165) is 12.3 Å². The van der Waals surface area contributed by atoms with Crippen LogP contribution in [-0.2, 0) is 0 Å². The smallest absolute Gasteiger partial charge is 0.0568 e. The van der Waals surface area contributed by atoms with Gasteiger partial charge in [0.1, 0.15) is 0 Å². The van der Waals surface area contributed by atoms with Crippen molar-refractivity contribution in [3.63, 3.8) is 0 Å². The molecule has 1 heteroatoms. The van der Waals surface area contributed by atoms with Gasteiger partial charge in [-0.25, -0.2) is 0 Å². The highest BCUT2D eigenvalue weighted by atomic mass is 16.3. The van der Waals surface area contributed by atoms with Crippen LogP contribution in [0.4, 0.5) is 0 Å². The first-order valence-electron chi connectivity index (χ1n) is 8.93. The fourth-order valence-corrected chi connectivity index (χ4v) is 3.53. The Labute approximate surface area is 121 Å². The van der Waals surface area contributed by atoms with Gasteiger partial charge in [-0.05, 0) is 24.7 Å². The fourth-order valence-electron chi connectivity index (χ4n) is 3.53. The summed E-state index contributed by atoms with van der Waals surface area (Å²) in [7, 11) is 0. The van der Waals surface area contributed by atoms with Gasteiger partial charge in [0.2, 0.25) is 0 Å². The zero-order valence-corrected chi connectivity index (χ0v) is 13.4. The summed E-state index contributed by atoms with van der Waals surface area (Å²) < 4.78 is 0. The van der Waals surface area contributed by atoms with Gasteiger partial charge in [0, 0.05) is 0 Å². The Kier molecular flexibility index (Phi) is 9.59. The molecule has 1 aliphatic rings. The summed E-state index contributed by atoms with van der Waals surface area (Å²) >= 11 is 0. The third kappa shape index (κ3) is 7.34. The molecule has 3 atom stereocenters. The van der Waals surface area contributed by atoms with Crippen LogP contribution in [0.2, 0.25) is 0 Å². The second-order valence-electron chi connectivity index (χ2n) is 6.73. The monoisotopic (exact) mass is 268 g/mol. The van der Waals surface area contributed by atoms with E-state index in [0.29, 0.717) is 5.92 Å². The van der Waals surface area contributed by atoms with E-state index in [9.17, 15) is 5.11 Å². The van der Waals surface area contributed by atoms with Crippen LogP contribution in [0.3, 0.4) is 0 Å². The highest BCUT2D eigenvalue weighted by molar-refractivity contribution is 4.81. The average molecular weight is 268 g/mol. The first kappa shape index (κ1) is 17.0. The second-order valence-corrected chi connectivity index (χ2v) is 6.73. The molecule has 0 radical (unpaired) electrons. The van der Waals surface area contributed by atoms with E-state index in [1.54, 1.807) is 0 Å². The van der Waals surface area contributed by atoms with Gasteiger partial charge < -0.3 is 5.11 Å². The molecule has 0 heterocycles. The third-order valence-corrected chi connectivity index (χ3v) is 5.11. The molecule has 0 amide bonds. The van der Waals surface area contributed by atoms with Crippen LogP contribution in [0, 0.1) is 11.8 Å². The van der Waals surface area contributed by atoms with Gasteiger partial charge in [0.25, 0.3) is 0 Å². The summed E-state index contributed by atoms with van der Waals surface area (Å²) in [5, 5.41) is 9.73. The largest absolute Gasteiger partial charge is 0.393 e. The molecule has 0 aliphatic heterocycles. The molecule has 1 nitrogen and oxygen atoms in total. The minimum atomic E-state index is -0.00637. The minimum Gasteiger partial charge on any atom is -0.393 e. The van der Waals surface area contributed by atoms with E-state index in [2.05, 4.69) is 13.8 Å². The maximum absolute atomic E-state index is 9.73. The number of unbranched alkanes of at least 4 members (excludes halogenated alkanes) is 9. The summed E-state index contributed by atoms with van der Waals surface area (Å²) in [5.41, 5.74) is 0. The van der Waals surface area contributed by atoms with Crippen molar-refractivity contribution in [2.75, 3.05) is 0 Å². The summed E-state index contributed by atoms with van der Waals surface area (Å²) in [6.07, 6.45) is 17.9. The van der Waals surface area contributed by atoms with Crippen LogP contribution in [0.1, 0.15) is 97.3 Å². The Morgan fingerprint density at radius 2 is 1.32 bits per heavy atom. The van der Waals surface area contributed by atoms with Crippen LogP contribution in [0.25, 0.3) is 0 Å². The maximum atomic E-state index is 9.73. The highest BCUT2D eigenvalue weighted by Gasteiger charge is 2.30. The van der Waals surface area contributed by atoms with Crippen molar-refractivity contribution in [3.8, 4) is 0 Å². The van der Waals surface area contributed by atoms with E-state index in [1.165, 1.54) is 77.0 Å². The molecule has 1 N–H and O–H groups in total. The summed E-state index contributed by atoms with van der Waals surface area (Å²) in [6.45, 7) is 4.52. The minimum absolute atomic E-state index is 0.00637. The van der Waals surface area contributed by atoms with Gasteiger partial charge in [-0.15, -0.1) is 0 Å². The van der Waals surface area contributed by atoms with Gasteiger partial charge in [0.15, 0.2) is 0 Å². The molecular weight excluding hydrogens is 232 g/mol. The van der Waals surface area contributed by atoms with Crippen LogP contribution >= 0.6 is 0 Å². The maximum Gasteiger partial charge on any atom is 0.0568 e. The molecule has 1 saturated carbocycles. The third-order valence-electron chi connectivity index (χ3n) is 5.11.